The van der Waals surface area contributed by atoms with Crippen LogP contribution in [0.5, 0.6) is 0 Å². The van der Waals surface area contributed by atoms with Crippen molar-refractivity contribution in [3.63, 3.8) is 0 Å². The number of nitrogens with zero attached hydrogens (tertiary/aromatic N) is 1. The zero-order valence-corrected chi connectivity index (χ0v) is 8.71. The van der Waals surface area contributed by atoms with Crippen LogP contribution in [0.25, 0.3) is 0 Å². The lowest BCUT2D eigenvalue weighted by Crippen LogP contribution is -2.10. The van der Waals surface area contributed by atoms with Gasteiger partial charge in [0, 0.05) is 5.02 Å². The standard InChI is InChI=1S/C9H4Cl2F3N/c10-6-1-2-7(11)8(9(12,13)14)5(6)3-4-15/h1-2H,3H2. The van der Waals surface area contributed by atoms with Crippen LogP contribution in [0.1, 0.15) is 11.1 Å². The van der Waals surface area contributed by atoms with Crippen LogP contribution in [0.15, 0.2) is 12.1 Å². The molecule has 0 aromatic heterocycles. The van der Waals surface area contributed by atoms with Crippen LogP contribution < -0.4 is 0 Å². The zero-order chi connectivity index (χ0) is 11.6. The second kappa shape index (κ2) is 4.30. The summed E-state index contributed by atoms with van der Waals surface area (Å²) in [6.45, 7) is 0. The summed E-state index contributed by atoms with van der Waals surface area (Å²) >= 11 is 11.0. The van der Waals surface area contributed by atoms with Gasteiger partial charge in [0.05, 0.1) is 23.1 Å². The molecule has 0 unspecified atom stereocenters. The second-order valence-corrected chi connectivity index (χ2v) is 3.53. The highest BCUT2D eigenvalue weighted by atomic mass is 35.5. The lowest BCUT2D eigenvalue weighted by atomic mass is 10.0. The lowest BCUT2D eigenvalue weighted by molar-refractivity contribution is -0.138. The van der Waals surface area contributed by atoms with Crippen molar-refractivity contribution in [3.05, 3.63) is 33.3 Å². The highest BCUT2D eigenvalue weighted by Gasteiger charge is 2.36. The van der Waals surface area contributed by atoms with E-state index in [1.54, 1.807) is 6.07 Å². The van der Waals surface area contributed by atoms with E-state index in [-0.39, 0.29) is 10.6 Å². The first-order valence-corrected chi connectivity index (χ1v) is 4.54. The van der Waals surface area contributed by atoms with Crippen molar-refractivity contribution in [1.82, 2.24) is 0 Å². The lowest BCUT2D eigenvalue weighted by Gasteiger charge is -2.13. The van der Waals surface area contributed by atoms with Crippen molar-refractivity contribution in [1.29, 1.82) is 5.26 Å². The molecule has 15 heavy (non-hydrogen) atoms. The summed E-state index contributed by atoms with van der Waals surface area (Å²) in [6, 6.07) is 3.93. The van der Waals surface area contributed by atoms with Gasteiger partial charge in [-0.15, -0.1) is 0 Å². The molecule has 0 saturated carbocycles. The van der Waals surface area contributed by atoms with Gasteiger partial charge in [-0.05, 0) is 17.7 Å². The molecule has 1 rings (SSSR count). The van der Waals surface area contributed by atoms with Gasteiger partial charge in [-0.2, -0.15) is 18.4 Å². The number of benzene rings is 1. The van der Waals surface area contributed by atoms with Gasteiger partial charge in [0.1, 0.15) is 0 Å². The fourth-order valence-corrected chi connectivity index (χ4v) is 1.66. The van der Waals surface area contributed by atoms with Crippen molar-refractivity contribution in [2.45, 2.75) is 12.6 Å². The summed E-state index contributed by atoms with van der Waals surface area (Å²) in [4.78, 5) is 0. The number of nitriles is 1. The summed E-state index contributed by atoms with van der Waals surface area (Å²) in [7, 11) is 0. The zero-order valence-electron chi connectivity index (χ0n) is 7.20. The third-order valence-corrected chi connectivity index (χ3v) is 2.41. The van der Waals surface area contributed by atoms with Crippen molar-refractivity contribution in [2.24, 2.45) is 0 Å². The Bertz CT molecular complexity index is 421. The predicted octanol–water partition coefficient (Wildman–Crippen LogP) is 4.08. The van der Waals surface area contributed by atoms with Crippen molar-refractivity contribution in [3.8, 4) is 6.07 Å². The highest BCUT2D eigenvalue weighted by Crippen LogP contribution is 2.39. The Labute approximate surface area is 94.0 Å². The maximum atomic E-state index is 12.6. The minimum atomic E-state index is -4.60. The quantitative estimate of drug-likeness (QED) is 0.740. The van der Waals surface area contributed by atoms with Gasteiger partial charge in [0.25, 0.3) is 0 Å². The molecule has 80 valence electrons. The van der Waals surface area contributed by atoms with Crippen LogP contribution >= 0.6 is 23.2 Å². The smallest absolute Gasteiger partial charge is 0.198 e. The van der Waals surface area contributed by atoms with Crippen LogP contribution in [0.2, 0.25) is 10.0 Å². The van der Waals surface area contributed by atoms with E-state index in [4.69, 9.17) is 28.5 Å². The minimum Gasteiger partial charge on any atom is -0.198 e. The van der Waals surface area contributed by atoms with Gasteiger partial charge in [0.2, 0.25) is 0 Å². The van der Waals surface area contributed by atoms with Crippen LogP contribution in [-0.4, -0.2) is 0 Å². The molecule has 0 spiro atoms. The molecule has 0 aliphatic heterocycles. The van der Waals surface area contributed by atoms with Gasteiger partial charge in [0.15, 0.2) is 0 Å². The summed E-state index contributed by atoms with van der Waals surface area (Å²) in [6.07, 6.45) is -5.03. The molecule has 0 bridgehead atoms. The first kappa shape index (κ1) is 12.2. The monoisotopic (exact) mass is 253 g/mol. The Morgan fingerprint density at radius 1 is 1.20 bits per heavy atom. The third-order valence-electron chi connectivity index (χ3n) is 1.74. The largest absolute Gasteiger partial charge is 0.418 e. The van der Waals surface area contributed by atoms with Gasteiger partial charge in [-0.3, -0.25) is 0 Å². The first-order valence-electron chi connectivity index (χ1n) is 3.79. The maximum absolute atomic E-state index is 12.6. The molecule has 1 aromatic carbocycles. The van der Waals surface area contributed by atoms with Crippen molar-refractivity contribution in [2.75, 3.05) is 0 Å². The van der Waals surface area contributed by atoms with E-state index in [0.717, 1.165) is 6.07 Å². The fraction of sp³-hybridized carbons (Fsp3) is 0.222. The molecule has 0 fully saturated rings. The topological polar surface area (TPSA) is 23.8 Å². The van der Waals surface area contributed by atoms with Crippen molar-refractivity contribution < 1.29 is 13.2 Å². The average molecular weight is 254 g/mol. The maximum Gasteiger partial charge on any atom is 0.418 e. The van der Waals surface area contributed by atoms with Crippen LogP contribution in [0, 0.1) is 11.3 Å². The molecule has 0 aliphatic rings. The van der Waals surface area contributed by atoms with E-state index in [0.29, 0.717) is 0 Å². The van der Waals surface area contributed by atoms with Gasteiger partial charge in [-0.1, -0.05) is 23.2 Å². The van der Waals surface area contributed by atoms with Gasteiger partial charge >= 0.3 is 6.18 Å². The Morgan fingerprint density at radius 3 is 2.20 bits per heavy atom. The molecule has 0 aliphatic carbocycles. The number of halogens is 5. The van der Waals surface area contributed by atoms with E-state index < -0.39 is 23.2 Å². The molecule has 1 nitrogen and oxygen atoms in total. The van der Waals surface area contributed by atoms with E-state index in [1.165, 1.54) is 6.07 Å². The van der Waals surface area contributed by atoms with Crippen LogP contribution in [0.3, 0.4) is 0 Å². The first-order chi connectivity index (χ1) is 6.88. The molecule has 0 saturated heterocycles. The summed E-state index contributed by atoms with van der Waals surface area (Å²) in [5.41, 5.74) is -1.31. The number of hydrogen-bond acceptors (Lipinski definition) is 1. The average Bonchev–Trinajstić information content (AvgIpc) is 2.09. The molecule has 0 atom stereocenters. The Kier molecular flexibility index (Phi) is 3.48. The van der Waals surface area contributed by atoms with Gasteiger partial charge in [-0.25, -0.2) is 0 Å². The Hall–Kier alpha value is -0.920. The molecule has 0 amide bonds. The van der Waals surface area contributed by atoms with E-state index in [1.807, 2.05) is 0 Å². The molecule has 0 heterocycles. The molecule has 1 aromatic rings. The molecular weight excluding hydrogens is 250 g/mol. The summed E-state index contributed by atoms with van der Waals surface area (Å²) in [5.74, 6) is 0. The Morgan fingerprint density at radius 2 is 1.73 bits per heavy atom. The number of rotatable bonds is 1. The second-order valence-electron chi connectivity index (χ2n) is 2.72. The molecule has 0 N–H and O–H groups in total. The van der Waals surface area contributed by atoms with Gasteiger partial charge < -0.3 is 0 Å². The van der Waals surface area contributed by atoms with E-state index in [9.17, 15) is 13.2 Å². The number of alkyl halides is 3. The fourth-order valence-electron chi connectivity index (χ4n) is 1.15. The normalized spacial score (nSPS) is 11.2. The van der Waals surface area contributed by atoms with Crippen LogP contribution in [0.4, 0.5) is 13.2 Å². The minimum absolute atomic E-state index is 0.103. The van der Waals surface area contributed by atoms with E-state index >= 15 is 0 Å². The SMILES string of the molecule is N#CCc1c(Cl)ccc(Cl)c1C(F)(F)F. The summed E-state index contributed by atoms with van der Waals surface area (Å²) in [5, 5.41) is 7.86. The third kappa shape index (κ3) is 2.55. The van der Waals surface area contributed by atoms with Crippen molar-refractivity contribution >= 4 is 23.2 Å². The molecule has 6 heteroatoms. The van der Waals surface area contributed by atoms with E-state index in [2.05, 4.69) is 0 Å². The van der Waals surface area contributed by atoms with Crippen LogP contribution in [-0.2, 0) is 12.6 Å². The summed E-state index contributed by atoms with van der Waals surface area (Å²) < 4.78 is 37.7. The predicted molar refractivity (Wildman–Crippen MR) is 50.8 cm³/mol. The number of hydrogen-bond donors (Lipinski definition) is 0. The molecular formula is C9H4Cl2F3N. The molecule has 0 radical (unpaired) electrons. The Balaban J connectivity index is 3.47. The highest BCUT2D eigenvalue weighted by molar-refractivity contribution is 6.34.